The third-order valence-corrected chi connectivity index (χ3v) is 3.79. The van der Waals surface area contributed by atoms with Gasteiger partial charge in [0.1, 0.15) is 0 Å². The van der Waals surface area contributed by atoms with Crippen molar-refractivity contribution in [1.29, 1.82) is 0 Å². The zero-order valence-corrected chi connectivity index (χ0v) is 9.40. The van der Waals surface area contributed by atoms with E-state index < -0.39 is 5.60 Å². The van der Waals surface area contributed by atoms with E-state index in [0.29, 0.717) is 6.42 Å². The molecule has 0 amide bonds. The Hall–Kier alpha value is -0.860. The maximum Gasteiger partial charge on any atom is 0.0943 e. The van der Waals surface area contributed by atoms with Crippen LogP contribution in [0.15, 0.2) is 24.3 Å². The molecule has 3 atom stereocenters. The van der Waals surface area contributed by atoms with Crippen molar-refractivity contribution in [1.82, 2.24) is 0 Å². The summed E-state index contributed by atoms with van der Waals surface area (Å²) in [5.41, 5.74) is 7.48. The molecule has 0 saturated heterocycles. The Labute approximate surface area is 91.1 Å². The summed E-state index contributed by atoms with van der Waals surface area (Å²) < 4.78 is 0. The third-order valence-electron chi connectivity index (χ3n) is 3.79. The summed E-state index contributed by atoms with van der Waals surface area (Å²) in [6.07, 6.45) is 1.62. The minimum atomic E-state index is -0.718. The highest BCUT2D eigenvalue weighted by Crippen LogP contribution is 2.47. The van der Waals surface area contributed by atoms with E-state index in [1.807, 2.05) is 24.3 Å². The monoisotopic (exact) mass is 205 g/mol. The molecule has 0 fully saturated rings. The number of nitrogens with two attached hydrogens (primary N) is 1. The highest BCUT2D eigenvalue weighted by Gasteiger charge is 2.43. The van der Waals surface area contributed by atoms with Crippen LogP contribution in [-0.2, 0) is 5.60 Å². The molecule has 0 radical (unpaired) electrons. The van der Waals surface area contributed by atoms with Crippen molar-refractivity contribution < 1.29 is 5.11 Å². The molecule has 0 spiro atoms. The molecule has 0 saturated carbocycles. The number of hydrogen-bond donors (Lipinski definition) is 2. The summed E-state index contributed by atoms with van der Waals surface area (Å²) in [4.78, 5) is 0. The quantitative estimate of drug-likeness (QED) is 0.778. The Bertz CT molecular complexity index is 363. The van der Waals surface area contributed by atoms with Gasteiger partial charge < -0.3 is 10.8 Å². The lowest BCUT2D eigenvalue weighted by atomic mass is 9.82. The predicted molar refractivity (Wildman–Crippen MR) is 61.3 cm³/mol. The fourth-order valence-electron chi connectivity index (χ4n) is 2.57. The number of fused-ring (bicyclic) bond motifs is 1. The molecule has 0 heterocycles. The summed E-state index contributed by atoms with van der Waals surface area (Å²) in [7, 11) is 0. The van der Waals surface area contributed by atoms with Crippen molar-refractivity contribution in [3.05, 3.63) is 35.4 Å². The van der Waals surface area contributed by atoms with E-state index in [-0.39, 0.29) is 12.0 Å². The zero-order chi connectivity index (χ0) is 11.1. The van der Waals surface area contributed by atoms with Crippen LogP contribution in [0.4, 0.5) is 0 Å². The smallest absolute Gasteiger partial charge is 0.0943 e. The first-order chi connectivity index (χ1) is 7.09. The van der Waals surface area contributed by atoms with E-state index in [9.17, 15) is 5.11 Å². The van der Waals surface area contributed by atoms with Gasteiger partial charge in [-0.1, -0.05) is 44.5 Å². The van der Waals surface area contributed by atoms with E-state index in [1.54, 1.807) is 0 Å². The fourth-order valence-corrected chi connectivity index (χ4v) is 2.57. The van der Waals surface area contributed by atoms with Gasteiger partial charge in [-0.05, 0) is 23.5 Å². The van der Waals surface area contributed by atoms with E-state index in [0.717, 1.165) is 17.5 Å². The van der Waals surface area contributed by atoms with Crippen LogP contribution in [0.5, 0.6) is 0 Å². The van der Waals surface area contributed by atoms with Gasteiger partial charge in [0.25, 0.3) is 0 Å². The van der Waals surface area contributed by atoms with Gasteiger partial charge >= 0.3 is 0 Å². The largest absolute Gasteiger partial charge is 0.385 e. The molecule has 1 aliphatic rings. The molecule has 0 bridgehead atoms. The summed E-state index contributed by atoms with van der Waals surface area (Å²) in [5, 5.41) is 10.7. The van der Waals surface area contributed by atoms with Crippen LogP contribution in [0.2, 0.25) is 0 Å². The summed E-state index contributed by atoms with van der Waals surface area (Å²) in [6, 6.07) is 7.99. The highest BCUT2D eigenvalue weighted by molar-refractivity contribution is 5.40. The van der Waals surface area contributed by atoms with Crippen molar-refractivity contribution in [3.8, 4) is 0 Å². The Morgan fingerprint density at radius 2 is 2.20 bits per heavy atom. The SMILES string of the molecule is CCC(C)C1(O)CC(N)c2ccccc21. The van der Waals surface area contributed by atoms with Crippen LogP contribution in [0.1, 0.15) is 43.9 Å². The van der Waals surface area contributed by atoms with Gasteiger partial charge in [-0.3, -0.25) is 0 Å². The lowest BCUT2D eigenvalue weighted by Crippen LogP contribution is -2.31. The van der Waals surface area contributed by atoms with Crippen molar-refractivity contribution in [2.75, 3.05) is 0 Å². The molecule has 1 aromatic carbocycles. The van der Waals surface area contributed by atoms with Crippen molar-refractivity contribution >= 4 is 0 Å². The molecule has 1 aromatic rings. The molecule has 2 heteroatoms. The third kappa shape index (κ3) is 1.48. The molecule has 15 heavy (non-hydrogen) atoms. The first-order valence-electron chi connectivity index (χ1n) is 5.67. The zero-order valence-electron chi connectivity index (χ0n) is 9.40. The van der Waals surface area contributed by atoms with Gasteiger partial charge in [0.05, 0.1) is 5.60 Å². The van der Waals surface area contributed by atoms with Gasteiger partial charge in [0, 0.05) is 6.04 Å². The number of rotatable bonds is 2. The van der Waals surface area contributed by atoms with Gasteiger partial charge in [-0.2, -0.15) is 0 Å². The summed E-state index contributed by atoms with van der Waals surface area (Å²) in [5.74, 6) is 0.257. The Morgan fingerprint density at radius 1 is 1.53 bits per heavy atom. The van der Waals surface area contributed by atoms with E-state index in [2.05, 4.69) is 13.8 Å². The molecular weight excluding hydrogens is 186 g/mol. The minimum Gasteiger partial charge on any atom is -0.385 e. The number of benzene rings is 1. The Balaban J connectivity index is 2.48. The molecule has 1 aliphatic carbocycles. The molecule has 82 valence electrons. The first kappa shape index (κ1) is 10.7. The summed E-state index contributed by atoms with van der Waals surface area (Å²) >= 11 is 0. The van der Waals surface area contributed by atoms with Gasteiger partial charge in [0.15, 0.2) is 0 Å². The minimum absolute atomic E-state index is 0.0137. The topological polar surface area (TPSA) is 46.2 Å². The number of aliphatic hydroxyl groups is 1. The van der Waals surface area contributed by atoms with Gasteiger partial charge in [-0.15, -0.1) is 0 Å². The summed E-state index contributed by atoms with van der Waals surface area (Å²) in [6.45, 7) is 4.20. The predicted octanol–water partition coefficient (Wildman–Crippen LogP) is 2.32. The van der Waals surface area contributed by atoms with Crippen LogP contribution in [-0.4, -0.2) is 5.11 Å². The molecule has 0 aromatic heterocycles. The normalized spacial score (nSPS) is 31.3. The van der Waals surface area contributed by atoms with Crippen LogP contribution in [0.3, 0.4) is 0 Å². The lowest BCUT2D eigenvalue weighted by molar-refractivity contribution is -0.0207. The fraction of sp³-hybridized carbons (Fsp3) is 0.538. The van der Waals surface area contributed by atoms with Crippen molar-refractivity contribution in [3.63, 3.8) is 0 Å². The average molecular weight is 205 g/mol. The maximum absolute atomic E-state index is 10.7. The van der Waals surface area contributed by atoms with Crippen LogP contribution in [0.25, 0.3) is 0 Å². The van der Waals surface area contributed by atoms with Crippen molar-refractivity contribution in [2.24, 2.45) is 11.7 Å². The lowest BCUT2D eigenvalue weighted by Gasteiger charge is -2.30. The second-order valence-corrected chi connectivity index (χ2v) is 4.63. The second kappa shape index (κ2) is 3.62. The first-order valence-corrected chi connectivity index (χ1v) is 5.67. The number of hydrogen-bond acceptors (Lipinski definition) is 2. The highest BCUT2D eigenvalue weighted by atomic mass is 16.3. The van der Waals surface area contributed by atoms with Crippen LogP contribution < -0.4 is 5.73 Å². The van der Waals surface area contributed by atoms with E-state index in [4.69, 9.17) is 5.73 Å². The molecule has 2 nitrogen and oxygen atoms in total. The second-order valence-electron chi connectivity index (χ2n) is 4.63. The Morgan fingerprint density at radius 3 is 2.87 bits per heavy atom. The molecular formula is C13H19NO. The van der Waals surface area contributed by atoms with E-state index in [1.165, 1.54) is 0 Å². The van der Waals surface area contributed by atoms with Gasteiger partial charge in [-0.25, -0.2) is 0 Å². The molecule has 0 aliphatic heterocycles. The molecule has 2 rings (SSSR count). The maximum atomic E-state index is 10.7. The average Bonchev–Trinajstić information content (AvgIpc) is 2.52. The van der Waals surface area contributed by atoms with Crippen molar-refractivity contribution in [2.45, 2.75) is 38.3 Å². The Kier molecular flexibility index (Phi) is 2.57. The molecule has 3 N–H and O–H groups in total. The molecule has 3 unspecified atom stereocenters. The van der Waals surface area contributed by atoms with Gasteiger partial charge in [0.2, 0.25) is 0 Å². The van der Waals surface area contributed by atoms with Crippen LogP contribution in [0, 0.1) is 5.92 Å². The van der Waals surface area contributed by atoms with Crippen LogP contribution >= 0.6 is 0 Å². The standard InChI is InChI=1S/C13H19NO/c1-3-9(2)13(15)8-12(14)10-6-4-5-7-11(10)13/h4-7,9,12,15H,3,8,14H2,1-2H3. The van der Waals surface area contributed by atoms with E-state index >= 15 is 0 Å².